The van der Waals surface area contributed by atoms with E-state index in [-0.39, 0.29) is 0 Å². The lowest BCUT2D eigenvalue weighted by atomic mass is 10.7. The van der Waals surface area contributed by atoms with Gasteiger partial charge in [0.05, 0.1) is 6.26 Å². The second-order valence-electron chi connectivity index (χ2n) is 0.990. The summed E-state index contributed by atoms with van der Waals surface area (Å²) in [7, 11) is -2.06. The Morgan fingerprint density at radius 3 is 2.86 bits per heavy atom. The van der Waals surface area contributed by atoms with E-state index in [1.807, 2.05) is 0 Å². The van der Waals surface area contributed by atoms with Crippen LogP contribution in [0.3, 0.4) is 0 Å². The lowest BCUT2D eigenvalue weighted by molar-refractivity contribution is 0.463. The summed E-state index contributed by atoms with van der Waals surface area (Å²) in [5.41, 5.74) is 0. The highest BCUT2D eigenvalue weighted by Crippen LogP contribution is 2.24. The summed E-state index contributed by atoms with van der Waals surface area (Å²) in [5, 5.41) is 0. The van der Waals surface area contributed by atoms with Gasteiger partial charge in [-0.05, 0) is 6.08 Å². The molecular weight excluding hydrogens is 113 g/mol. The Morgan fingerprint density at radius 2 is 2.57 bits per heavy atom. The predicted octanol–water partition coefficient (Wildman–Crippen LogP) is 0.991. The quantitative estimate of drug-likeness (QED) is 0.444. The van der Waals surface area contributed by atoms with Gasteiger partial charge in [0, 0.05) is 6.21 Å². The van der Waals surface area contributed by atoms with Crippen molar-refractivity contribution in [2.45, 2.75) is 0 Å². The Kier molecular flexibility index (Phi) is 1.27. The molecule has 0 radical (unpaired) electrons. The van der Waals surface area contributed by atoms with E-state index in [0.717, 1.165) is 0 Å². The van der Waals surface area contributed by atoms with Crippen molar-refractivity contribution in [2.24, 2.45) is 4.76 Å². The molecule has 1 atom stereocenters. The van der Waals surface area contributed by atoms with Crippen molar-refractivity contribution in [1.29, 1.82) is 0 Å². The molecule has 1 heterocycles. The van der Waals surface area contributed by atoms with Crippen LogP contribution in [0.5, 0.6) is 0 Å². The van der Waals surface area contributed by atoms with E-state index in [4.69, 9.17) is 0 Å². The molecule has 0 aromatic carbocycles. The van der Waals surface area contributed by atoms with Crippen LogP contribution in [0.2, 0.25) is 0 Å². The van der Waals surface area contributed by atoms with E-state index >= 15 is 0 Å². The molecule has 1 aliphatic heterocycles. The molecule has 38 valence electrons. The Bertz CT molecular complexity index is 140. The molecule has 0 aromatic rings. The van der Waals surface area contributed by atoms with Gasteiger partial charge in [-0.2, -0.15) is 0 Å². The minimum atomic E-state index is -2.06. The molecule has 0 saturated carbocycles. The highest BCUT2D eigenvalue weighted by atomic mass is 31.1. The zero-order valence-corrected chi connectivity index (χ0v) is 4.50. The number of allylic oxidation sites excluding steroid dienone is 1. The van der Waals surface area contributed by atoms with Crippen molar-refractivity contribution in [3.05, 3.63) is 12.3 Å². The molecule has 0 saturated heterocycles. The van der Waals surface area contributed by atoms with E-state index in [9.17, 15) is 4.57 Å². The Hall–Kier alpha value is -0.560. The highest BCUT2D eigenvalue weighted by Gasteiger charge is 1.90. The molecule has 0 aliphatic carbocycles. The van der Waals surface area contributed by atoms with Crippen LogP contribution in [0.4, 0.5) is 0 Å². The normalized spacial score (nSPS) is 27.1. The molecular formula is C3H4NO2P. The number of nitrogens with zero attached hydrogens (tertiary/aromatic N) is 1. The van der Waals surface area contributed by atoms with Gasteiger partial charge in [-0.3, -0.25) is 4.57 Å². The standard InChI is InChI=1S/C3H4NO2P/c5-7-4-2-1-3-6-7/h1-3,7H. The fraction of sp³-hybridized carbons (Fsp3) is 0. The van der Waals surface area contributed by atoms with Crippen molar-refractivity contribution in [2.75, 3.05) is 0 Å². The second kappa shape index (κ2) is 1.94. The maximum absolute atomic E-state index is 10.2. The van der Waals surface area contributed by atoms with Gasteiger partial charge in [0.1, 0.15) is 0 Å². The third-order valence-corrected chi connectivity index (χ3v) is 1.21. The first kappa shape index (κ1) is 4.60. The van der Waals surface area contributed by atoms with Crippen LogP contribution in [0.25, 0.3) is 0 Å². The summed E-state index contributed by atoms with van der Waals surface area (Å²) >= 11 is 0. The molecule has 1 unspecified atom stereocenters. The van der Waals surface area contributed by atoms with Gasteiger partial charge in [0.2, 0.25) is 0 Å². The average Bonchev–Trinajstić information content (AvgIpc) is 1.69. The summed E-state index contributed by atoms with van der Waals surface area (Å²) in [6.45, 7) is 0. The monoisotopic (exact) mass is 117 g/mol. The first-order valence-corrected chi connectivity index (χ1v) is 3.06. The minimum Gasteiger partial charge on any atom is -0.438 e. The molecule has 0 N–H and O–H groups in total. The van der Waals surface area contributed by atoms with Crippen LogP contribution >= 0.6 is 8.18 Å². The number of rotatable bonds is 0. The maximum Gasteiger partial charge on any atom is 0.349 e. The van der Waals surface area contributed by atoms with Gasteiger partial charge in [-0.1, -0.05) is 0 Å². The molecule has 3 nitrogen and oxygen atoms in total. The van der Waals surface area contributed by atoms with E-state index < -0.39 is 8.18 Å². The lowest BCUT2D eigenvalue weighted by Gasteiger charge is -1.94. The van der Waals surface area contributed by atoms with E-state index in [1.54, 1.807) is 6.08 Å². The second-order valence-corrected chi connectivity index (χ2v) is 2.02. The van der Waals surface area contributed by atoms with E-state index in [0.29, 0.717) is 0 Å². The van der Waals surface area contributed by atoms with Crippen LogP contribution in [0, 0.1) is 0 Å². The predicted molar refractivity (Wildman–Crippen MR) is 27.7 cm³/mol. The molecule has 1 rings (SSSR count). The molecule has 4 heteroatoms. The third-order valence-electron chi connectivity index (χ3n) is 0.513. The zero-order chi connectivity index (χ0) is 5.11. The van der Waals surface area contributed by atoms with Gasteiger partial charge in [0.15, 0.2) is 0 Å². The summed E-state index contributed by atoms with van der Waals surface area (Å²) in [6.07, 6.45) is 4.42. The van der Waals surface area contributed by atoms with Gasteiger partial charge >= 0.3 is 8.18 Å². The molecule has 0 amide bonds. The Morgan fingerprint density at radius 1 is 1.71 bits per heavy atom. The lowest BCUT2D eigenvalue weighted by Crippen LogP contribution is -1.71. The molecule has 0 spiro atoms. The Labute approximate surface area is 41.6 Å². The van der Waals surface area contributed by atoms with Gasteiger partial charge < -0.3 is 4.52 Å². The topological polar surface area (TPSA) is 38.7 Å². The van der Waals surface area contributed by atoms with Gasteiger partial charge in [-0.15, -0.1) is 0 Å². The number of hydrogen-bond donors (Lipinski definition) is 0. The SMILES string of the molecule is O=[PH]1N=CC=CO1. The molecule has 0 bridgehead atoms. The highest BCUT2D eigenvalue weighted by molar-refractivity contribution is 7.37. The first-order chi connectivity index (χ1) is 3.39. The zero-order valence-electron chi connectivity index (χ0n) is 3.50. The minimum absolute atomic E-state index is 1.37. The van der Waals surface area contributed by atoms with Crippen LogP contribution < -0.4 is 0 Å². The van der Waals surface area contributed by atoms with Gasteiger partial charge in [0.25, 0.3) is 0 Å². The summed E-state index contributed by atoms with van der Waals surface area (Å²) in [4.78, 5) is 0. The summed E-state index contributed by atoms with van der Waals surface area (Å²) in [6, 6.07) is 0. The van der Waals surface area contributed by atoms with Crippen molar-refractivity contribution in [3.63, 3.8) is 0 Å². The Balaban J connectivity index is 2.66. The fourth-order valence-electron chi connectivity index (χ4n) is 0.267. The molecule has 0 fully saturated rings. The van der Waals surface area contributed by atoms with Crippen molar-refractivity contribution in [1.82, 2.24) is 0 Å². The summed E-state index contributed by atoms with van der Waals surface area (Å²) in [5.74, 6) is 0. The largest absolute Gasteiger partial charge is 0.438 e. The molecule has 7 heavy (non-hydrogen) atoms. The van der Waals surface area contributed by atoms with Crippen LogP contribution in [0.1, 0.15) is 0 Å². The van der Waals surface area contributed by atoms with Crippen molar-refractivity contribution in [3.8, 4) is 0 Å². The van der Waals surface area contributed by atoms with E-state index in [1.165, 1.54) is 12.5 Å². The first-order valence-electron chi connectivity index (χ1n) is 1.79. The van der Waals surface area contributed by atoms with Crippen LogP contribution in [0.15, 0.2) is 17.1 Å². The smallest absolute Gasteiger partial charge is 0.349 e. The fourth-order valence-corrected chi connectivity index (χ4v) is 0.731. The van der Waals surface area contributed by atoms with Crippen LogP contribution in [-0.2, 0) is 9.09 Å². The van der Waals surface area contributed by atoms with Crippen molar-refractivity contribution < 1.29 is 9.09 Å². The molecule has 1 aliphatic rings. The molecule has 0 aromatic heterocycles. The summed E-state index contributed by atoms with van der Waals surface area (Å²) < 4.78 is 18.1. The number of hydrogen-bond acceptors (Lipinski definition) is 2. The van der Waals surface area contributed by atoms with Crippen molar-refractivity contribution >= 4 is 14.4 Å². The third kappa shape index (κ3) is 1.16. The maximum atomic E-state index is 10.2. The van der Waals surface area contributed by atoms with Gasteiger partial charge in [-0.25, -0.2) is 4.76 Å². The average molecular weight is 117 g/mol. The van der Waals surface area contributed by atoms with E-state index in [2.05, 4.69) is 9.29 Å². The van der Waals surface area contributed by atoms with Crippen LogP contribution in [-0.4, -0.2) is 6.21 Å².